The van der Waals surface area contributed by atoms with Crippen LogP contribution in [0, 0.1) is 0 Å². The Bertz CT molecular complexity index is 884. The van der Waals surface area contributed by atoms with Gasteiger partial charge in [0.05, 0.1) is 10.7 Å². The smallest absolute Gasteiger partial charge is 0.279 e. The molecule has 0 aromatic carbocycles. The van der Waals surface area contributed by atoms with Crippen LogP contribution in [0.1, 0.15) is 22.4 Å². The molecule has 128 valence electrons. The molecule has 8 nitrogen and oxygen atoms in total. The number of carbonyl (C=O) groups is 1. The molecule has 3 rings (SSSR count). The first kappa shape index (κ1) is 17.2. The highest BCUT2D eigenvalue weighted by molar-refractivity contribution is 7.16. The normalized spacial score (nSPS) is 11.9. The molecule has 0 spiro atoms. The number of carbonyl (C=O) groups excluding carboxylic acids is 1. The van der Waals surface area contributed by atoms with E-state index in [1.165, 1.54) is 0 Å². The van der Waals surface area contributed by atoms with Crippen LogP contribution >= 0.6 is 22.9 Å². The molecule has 0 saturated carbocycles. The van der Waals surface area contributed by atoms with Gasteiger partial charge in [0.15, 0.2) is 5.01 Å². The number of hydrogen-bond acceptors (Lipinski definition) is 8. The van der Waals surface area contributed by atoms with Gasteiger partial charge < -0.3 is 11.1 Å². The van der Waals surface area contributed by atoms with Crippen molar-refractivity contribution >= 4 is 34.8 Å². The van der Waals surface area contributed by atoms with E-state index in [2.05, 4.69) is 30.5 Å². The summed E-state index contributed by atoms with van der Waals surface area (Å²) >= 11 is 7.22. The lowest BCUT2D eigenvalue weighted by Gasteiger charge is -2.13. The van der Waals surface area contributed by atoms with E-state index < -0.39 is 5.91 Å². The highest BCUT2D eigenvalue weighted by atomic mass is 35.5. The van der Waals surface area contributed by atoms with Crippen LogP contribution in [0.3, 0.4) is 0 Å². The van der Waals surface area contributed by atoms with E-state index in [9.17, 15) is 4.79 Å². The van der Waals surface area contributed by atoms with Gasteiger partial charge in [0.2, 0.25) is 11.0 Å². The van der Waals surface area contributed by atoms with Gasteiger partial charge in [0.1, 0.15) is 0 Å². The zero-order chi connectivity index (χ0) is 17.8. The molecule has 10 heteroatoms. The maximum atomic E-state index is 11.1. The molecule has 1 unspecified atom stereocenters. The molecule has 25 heavy (non-hydrogen) atoms. The number of rotatable bonds is 6. The van der Waals surface area contributed by atoms with Gasteiger partial charge in [-0.05, 0) is 19.1 Å². The minimum absolute atomic E-state index is 0.0428. The van der Waals surface area contributed by atoms with E-state index in [4.69, 9.17) is 17.3 Å². The third-order valence-corrected chi connectivity index (χ3v) is 4.58. The molecule has 3 aromatic heterocycles. The molecule has 1 atom stereocenters. The largest absolute Gasteiger partial charge is 0.363 e. The van der Waals surface area contributed by atoms with Crippen molar-refractivity contribution in [3.8, 4) is 10.6 Å². The molecular formula is C15H14ClN7OS. The molecular weight excluding hydrogens is 362 g/mol. The van der Waals surface area contributed by atoms with E-state index >= 15 is 0 Å². The first-order valence-electron chi connectivity index (χ1n) is 7.34. The number of primary amides is 1. The highest BCUT2D eigenvalue weighted by Crippen LogP contribution is 2.22. The van der Waals surface area contributed by atoms with Gasteiger partial charge in [-0.2, -0.15) is 0 Å². The molecule has 0 radical (unpaired) electrons. The van der Waals surface area contributed by atoms with Gasteiger partial charge in [-0.15, -0.1) is 10.2 Å². The monoisotopic (exact) mass is 375 g/mol. The third-order valence-electron chi connectivity index (χ3n) is 3.24. The van der Waals surface area contributed by atoms with Gasteiger partial charge in [0.25, 0.3) is 5.91 Å². The number of nitrogens with one attached hydrogen (secondary N) is 1. The van der Waals surface area contributed by atoms with Gasteiger partial charge in [0, 0.05) is 36.6 Å². The zero-order valence-electron chi connectivity index (χ0n) is 13.2. The summed E-state index contributed by atoms with van der Waals surface area (Å²) in [5, 5.41) is 12.1. The molecule has 1 amide bonds. The number of anilines is 1. The average Bonchev–Trinajstić information content (AvgIpc) is 3.08. The second-order valence-electron chi connectivity index (χ2n) is 5.25. The van der Waals surface area contributed by atoms with E-state index in [1.54, 1.807) is 24.7 Å². The molecule has 0 saturated heterocycles. The Kier molecular flexibility index (Phi) is 5.15. The Hall–Kier alpha value is -2.65. The Morgan fingerprint density at radius 2 is 2.08 bits per heavy atom. The van der Waals surface area contributed by atoms with Crippen LogP contribution in [0.15, 0.2) is 30.7 Å². The molecule has 0 aliphatic heterocycles. The van der Waals surface area contributed by atoms with Crippen molar-refractivity contribution in [1.82, 2.24) is 25.1 Å². The van der Waals surface area contributed by atoms with Crippen LogP contribution in [-0.2, 0) is 6.42 Å². The summed E-state index contributed by atoms with van der Waals surface area (Å²) in [6, 6.07) is 3.65. The van der Waals surface area contributed by atoms with Crippen LogP contribution in [0.2, 0.25) is 5.02 Å². The first-order chi connectivity index (χ1) is 12.0. The first-order valence-corrected chi connectivity index (χ1v) is 8.54. The molecule has 0 aliphatic rings. The summed E-state index contributed by atoms with van der Waals surface area (Å²) in [4.78, 5) is 23.9. The number of hydrogen-bond donors (Lipinski definition) is 2. The van der Waals surface area contributed by atoms with Crippen LogP contribution in [-0.4, -0.2) is 37.1 Å². The number of halogens is 1. The lowest BCUT2D eigenvalue weighted by atomic mass is 10.1. The summed E-state index contributed by atoms with van der Waals surface area (Å²) in [7, 11) is 0. The van der Waals surface area contributed by atoms with Crippen LogP contribution in [0.5, 0.6) is 0 Å². The fourth-order valence-electron chi connectivity index (χ4n) is 2.08. The topological polar surface area (TPSA) is 120 Å². The Morgan fingerprint density at radius 3 is 2.72 bits per heavy atom. The Labute approximate surface area is 152 Å². The summed E-state index contributed by atoms with van der Waals surface area (Å²) in [5.74, 6) is -0.132. The zero-order valence-corrected chi connectivity index (χ0v) is 14.8. The summed E-state index contributed by atoms with van der Waals surface area (Å²) in [6.07, 6.45) is 5.58. The number of amides is 1. The van der Waals surface area contributed by atoms with E-state index in [1.807, 2.05) is 13.0 Å². The maximum Gasteiger partial charge on any atom is 0.279 e. The number of nitrogens with zero attached hydrogens (tertiary/aromatic N) is 5. The quantitative estimate of drug-likeness (QED) is 0.677. The second-order valence-corrected chi connectivity index (χ2v) is 6.64. The standard InChI is InChI=1S/C15H14ClN7OS/c1-8(5-11-10(16)3-2-4-18-11)21-15-19-6-9(7-20-15)13-22-23-14(25-13)12(17)24/h2-4,6-8H,5H2,1H3,(H2,17,24)(H,19,20,21). The van der Waals surface area contributed by atoms with Crippen molar-refractivity contribution in [2.24, 2.45) is 5.73 Å². The number of nitrogens with two attached hydrogens (primary N) is 1. The lowest BCUT2D eigenvalue weighted by Crippen LogP contribution is -2.20. The summed E-state index contributed by atoms with van der Waals surface area (Å²) < 4.78 is 0. The van der Waals surface area contributed by atoms with Crippen molar-refractivity contribution in [2.75, 3.05) is 5.32 Å². The molecule has 3 heterocycles. The van der Waals surface area contributed by atoms with Crippen molar-refractivity contribution < 1.29 is 4.79 Å². The number of aromatic nitrogens is 5. The fraction of sp³-hybridized carbons (Fsp3) is 0.200. The van der Waals surface area contributed by atoms with Crippen LogP contribution < -0.4 is 11.1 Å². The molecule has 3 aromatic rings. The highest BCUT2D eigenvalue weighted by Gasteiger charge is 2.13. The predicted molar refractivity (Wildman–Crippen MR) is 95.5 cm³/mol. The van der Waals surface area contributed by atoms with Gasteiger partial charge >= 0.3 is 0 Å². The van der Waals surface area contributed by atoms with Crippen LogP contribution in [0.25, 0.3) is 10.6 Å². The van der Waals surface area contributed by atoms with Crippen molar-refractivity contribution in [2.45, 2.75) is 19.4 Å². The van der Waals surface area contributed by atoms with E-state index in [-0.39, 0.29) is 11.0 Å². The summed E-state index contributed by atoms with van der Waals surface area (Å²) in [6.45, 7) is 1.99. The molecule has 0 fully saturated rings. The Morgan fingerprint density at radius 1 is 1.32 bits per heavy atom. The van der Waals surface area contributed by atoms with Crippen LogP contribution in [0.4, 0.5) is 5.95 Å². The molecule has 0 aliphatic carbocycles. The van der Waals surface area contributed by atoms with Crippen molar-refractivity contribution in [3.63, 3.8) is 0 Å². The fourth-order valence-corrected chi connectivity index (χ4v) is 2.95. The molecule has 0 bridgehead atoms. The predicted octanol–water partition coefficient (Wildman–Crippen LogP) is 2.19. The van der Waals surface area contributed by atoms with Gasteiger partial charge in [-0.3, -0.25) is 9.78 Å². The average molecular weight is 376 g/mol. The number of pyridine rings is 1. The second kappa shape index (κ2) is 7.49. The van der Waals surface area contributed by atoms with Gasteiger partial charge in [-0.25, -0.2) is 9.97 Å². The van der Waals surface area contributed by atoms with Crippen molar-refractivity contribution in [3.05, 3.63) is 46.4 Å². The SMILES string of the molecule is CC(Cc1ncccc1Cl)Nc1ncc(-c2nnc(C(N)=O)s2)cn1. The third kappa shape index (κ3) is 4.25. The minimum Gasteiger partial charge on any atom is -0.363 e. The minimum atomic E-state index is -0.607. The molecule has 3 N–H and O–H groups in total. The van der Waals surface area contributed by atoms with Crippen molar-refractivity contribution in [1.29, 1.82) is 0 Å². The summed E-state index contributed by atoms with van der Waals surface area (Å²) in [5.41, 5.74) is 6.65. The maximum absolute atomic E-state index is 11.1. The van der Waals surface area contributed by atoms with E-state index in [0.717, 1.165) is 17.0 Å². The lowest BCUT2D eigenvalue weighted by molar-refractivity contribution is 0.0999. The van der Waals surface area contributed by atoms with E-state index in [0.29, 0.717) is 28.0 Å². The van der Waals surface area contributed by atoms with Gasteiger partial charge in [-0.1, -0.05) is 22.9 Å². The Balaban J connectivity index is 1.65.